The van der Waals surface area contributed by atoms with Crippen molar-refractivity contribution in [2.24, 2.45) is 0 Å². The van der Waals surface area contributed by atoms with E-state index in [1.54, 1.807) is 38.2 Å². The molecule has 1 aromatic rings. The highest BCUT2D eigenvalue weighted by atomic mass is 35.5. The zero-order chi connectivity index (χ0) is 12.0. The molecule has 0 heterocycles. The largest absolute Gasteiger partial charge is 0.322 e. The Morgan fingerprint density at radius 1 is 1.44 bits per heavy atom. The van der Waals surface area contributed by atoms with Gasteiger partial charge in [0.1, 0.15) is 0 Å². The second-order valence-electron chi connectivity index (χ2n) is 3.22. The number of halogens is 1. The van der Waals surface area contributed by atoms with E-state index in [4.69, 9.17) is 11.6 Å². The average Bonchev–Trinajstić information content (AvgIpc) is 2.29. The molecule has 0 saturated carbocycles. The Labute approximate surface area is 100 Å². The lowest BCUT2D eigenvalue weighted by Crippen LogP contribution is -2.31. The van der Waals surface area contributed by atoms with E-state index in [0.29, 0.717) is 17.3 Å². The van der Waals surface area contributed by atoms with Gasteiger partial charge in [0.2, 0.25) is 0 Å². The van der Waals surface area contributed by atoms with Crippen LogP contribution in [0.1, 0.15) is 6.92 Å². The summed E-state index contributed by atoms with van der Waals surface area (Å²) in [6.07, 6.45) is 0. The van der Waals surface area contributed by atoms with Crippen LogP contribution in [0.25, 0.3) is 0 Å². The number of hydrogen-bond donors (Lipinski definition) is 1. The zero-order valence-corrected chi connectivity index (χ0v) is 10.0. The van der Waals surface area contributed by atoms with E-state index in [9.17, 15) is 4.79 Å². The molecular weight excluding hydrogens is 224 g/mol. The molecule has 0 aliphatic rings. The minimum atomic E-state index is -0.190. The van der Waals surface area contributed by atoms with E-state index in [2.05, 4.69) is 17.2 Å². The van der Waals surface area contributed by atoms with Gasteiger partial charge in [0, 0.05) is 17.8 Å². The fraction of sp³-hybridized carbons (Fsp3) is 0.250. The molecule has 0 saturated heterocycles. The number of nitrogens with zero attached hydrogens (tertiary/aromatic N) is 1. The van der Waals surface area contributed by atoms with Gasteiger partial charge in [-0.25, -0.2) is 4.79 Å². The van der Waals surface area contributed by atoms with Crippen molar-refractivity contribution < 1.29 is 4.79 Å². The Balaban J connectivity index is 2.56. The normalized spacial score (nSPS) is 8.94. The van der Waals surface area contributed by atoms with Gasteiger partial charge in [-0.15, -0.1) is 5.92 Å². The molecule has 1 N–H and O–H groups in total. The van der Waals surface area contributed by atoms with Crippen LogP contribution in [0, 0.1) is 11.8 Å². The molecule has 0 fully saturated rings. The molecule has 0 aromatic heterocycles. The number of benzene rings is 1. The van der Waals surface area contributed by atoms with Crippen LogP contribution in [-0.4, -0.2) is 24.5 Å². The van der Waals surface area contributed by atoms with Gasteiger partial charge >= 0.3 is 6.03 Å². The van der Waals surface area contributed by atoms with E-state index in [0.717, 1.165) is 0 Å². The summed E-state index contributed by atoms with van der Waals surface area (Å²) in [5.41, 5.74) is 0.714. The van der Waals surface area contributed by atoms with E-state index in [1.807, 2.05) is 0 Å². The van der Waals surface area contributed by atoms with Crippen LogP contribution in [0.2, 0.25) is 5.02 Å². The summed E-state index contributed by atoms with van der Waals surface area (Å²) in [7, 11) is 1.69. The number of anilines is 1. The lowest BCUT2D eigenvalue weighted by molar-refractivity contribution is 0.227. The van der Waals surface area contributed by atoms with Gasteiger partial charge in [-0.3, -0.25) is 0 Å². The van der Waals surface area contributed by atoms with Crippen LogP contribution in [-0.2, 0) is 0 Å². The molecule has 84 valence electrons. The standard InChI is InChI=1S/C12H13ClN2O/c1-3-4-9-15(2)12(16)14-11-7-5-10(13)6-8-11/h5-8H,9H2,1-2H3,(H,14,16). The van der Waals surface area contributed by atoms with Gasteiger partial charge in [0.15, 0.2) is 0 Å². The Bertz CT molecular complexity index is 417. The summed E-state index contributed by atoms with van der Waals surface area (Å²) in [6.45, 7) is 2.15. The number of rotatable bonds is 2. The van der Waals surface area contributed by atoms with Crippen molar-refractivity contribution in [3.63, 3.8) is 0 Å². The predicted octanol–water partition coefficient (Wildman–Crippen LogP) is 2.83. The maximum Gasteiger partial charge on any atom is 0.322 e. The minimum Gasteiger partial charge on any atom is -0.316 e. The number of carbonyl (C=O) groups excluding carboxylic acids is 1. The molecule has 0 aliphatic carbocycles. The molecule has 1 aromatic carbocycles. The molecule has 2 amide bonds. The van der Waals surface area contributed by atoms with Crippen LogP contribution in [0.4, 0.5) is 10.5 Å². The van der Waals surface area contributed by atoms with E-state index >= 15 is 0 Å². The first-order valence-electron chi connectivity index (χ1n) is 4.81. The number of carbonyl (C=O) groups is 1. The first-order chi connectivity index (χ1) is 7.63. The Morgan fingerprint density at radius 3 is 2.62 bits per heavy atom. The SMILES string of the molecule is CC#CCN(C)C(=O)Nc1ccc(Cl)cc1. The fourth-order valence-electron chi connectivity index (χ4n) is 1.02. The third-order valence-electron chi connectivity index (χ3n) is 1.94. The molecule has 4 heteroatoms. The first-order valence-corrected chi connectivity index (χ1v) is 5.18. The molecule has 0 radical (unpaired) electrons. The van der Waals surface area contributed by atoms with E-state index < -0.39 is 0 Å². The predicted molar refractivity (Wildman–Crippen MR) is 66.6 cm³/mol. The summed E-state index contributed by atoms with van der Waals surface area (Å²) in [6, 6.07) is 6.76. The lowest BCUT2D eigenvalue weighted by Gasteiger charge is -2.14. The minimum absolute atomic E-state index is 0.190. The smallest absolute Gasteiger partial charge is 0.316 e. The van der Waals surface area contributed by atoms with Crippen molar-refractivity contribution in [1.29, 1.82) is 0 Å². The summed E-state index contributed by atoms with van der Waals surface area (Å²) in [5, 5.41) is 3.38. The molecule has 0 aliphatic heterocycles. The van der Waals surface area contributed by atoms with Crippen molar-refractivity contribution >= 4 is 23.3 Å². The maximum absolute atomic E-state index is 11.6. The number of amides is 2. The van der Waals surface area contributed by atoms with Crippen molar-refractivity contribution in [1.82, 2.24) is 4.90 Å². The maximum atomic E-state index is 11.6. The quantitative estimate of drug-likeness (QED) is 0.787. The monoisotopic (exact) mass is 236 g/mol. The van der Waals surface area contributed by atoms with Crippen LogP contribution >= 0.6 is 11.6 Å². The van der Waals surface area contributed by atoms with Crippen molar-refractivity contribution in [3.05, 3.63) is 29.3 Å². The molecule has 0 atom stereocenters. The molecule has 0 spiro atoms. The Hall–Kier alpha value is -1.66. The van der Waals surface area contributed by atoms with Crippen LogP contribution in [0.15, 0.2) is 24.3 Å². The average molecular weight is 237 g/mol. The Kier molecular flexibility index (Phi) is 4.68. The van der Waals surface area contributed by atoms with Gasteiger partial charge in [0.25, 0.3) is 0 Å². The topological polar surface area (TPSA) is 32.3 Å². The third-order valence-corrected chi connectivity index (χ3v) is 2.19. The number of urea groups is 1. The van der Waals surface area contributed by atoms with Crippen LogP contribution in [0.5, 0.6) is 0 Å². The van der Waals surface area contributed by atoms with Gasteiger partial charge in [-0.05, 0) is 31.2 Å². The second-order valence-corrected chi connectivity index (χ2v) is 3.66. The molecule has 0 unspecified atom stereocenters. The van der Waals surface area contributed by atoms with Crippen LogP contribution in [0.3, 0.4) is 0 Å². The highest BCUT2D eigenvalue weighted by molar-refractivity contribution is 6.30. The summed E-state index contributed by atoms with van der Waals surface area (Å²) in [4.78, 5) is 13.1. The Morgan fingerprint density at radius 2 is 2.06 bits per heavy atom. The molecule has 16 heavy (non-hydrogen) atoms. The highest BCUT2D eigenvalue weighted by Gasteiger charge is 2.06. The van der Waals surface area contributed by atoms with Gasteiger partial charge in [-0.2, -0.15) is 0 Å². The highest BCUT2D eigenvalue weighted by Crippen LogP contribution is 2.13. The van der Waals surface area contributed by atoms with Crippen LogP contribution < -0.4 is 5.32 Å². The summed E-state index contributed by atoms with van der Waals surface area (Å²) >= 11 is 5.74. The van der Waals surface area contributed by atoms with E-state index in [-0.39, 0.29) is 6.03 Å². The van der Waals surface area contributed by atoms with Gasteiger partial charge in [0.05, 0.1) is 6.54 Å². The van der Waals surface area contributed by atoms with Crippen molar-refractivity contribution in [2.45, 2.75) is 6.92 Å². The number of hydrogen-bond acceptors (Lipinski definition) is 1. The lowest BCUT2D eigenvalue weighted by atomic mass is 10.3. The number of nitrogens with one attached hydrogen (secondary N) is 1. The molecule has 3 nitrogen and oxygen atoms in total. The van der Waals surface area contributed by atoms with Crippen molar-refractivity contribution in [2.75, 3.05) is 18.9 Å². The molecular formula is C12H13ClN2O. The summed E-state index contributed by atoms with van der Waals surface area (Å²) in [5.74, 6) is 5.55. The molecule has 0 bridgehead atoms. The van der Waals surface area contributed by atoms with Crippen molar-refractivity contribution in [3.8, 4) is 11.8 Å². The molecule has 1 rings (SSSR count). The van der Waals surface area contributed by atoms with Gasteiger partial charge in [-0.1, -0.05) is 17.5 Å². The second kappa shape index (κ2) is 6.04. The third kappa shape index (κ3) is 3.84. The first kappa shape index (κ1) is 12.4. The van der Waals surface area contributed by atoms with E-state index in [1.165, 1.54) is 4.90 Å². The zero-order valence-electron chi connectivity index (χ0n) is 9.25. The summed E-state index contributed by atoms with van der Waals surface area (Å²) < 4.78 is 0. The fourth-order valence-corrected chi connectivity index (χ4v) is 1.15. The van der Waals surface area contributed by atoms with Gasteiger partial charge < -0.3 is 10.2 Å².